The van der Waals surface area contributed by atoms with Gasteiger partial charge in [0.05, 0.1) is 5.75 Å². The summed E-state index contributed by atoms with van der Waals surface area (Å²) < 4.78 is 1.00. The zero-order chi connectivity index (χ0) is 16.2. The van der Waals surface area contributed by atoms with Crippen molar-refractivity contribution >= 4 is 46.0 Å². The van der Waals surface area contributed by atoms with E-state index in [4.69, 9.17) is 0 Å². The van der Waals surface area contributed by atoms with Crippen LogP contribution in [-0.4, -0.2) is 21.1 Å². The van der Waals surface area contributed by atoms with Gasteiger partial charge in [0, 0.05) is 16.8 Å². The Bertz CT molecular complexity index is 810. The molecule has 0 saturated heterocycles. The molecule has 0 saturated carbocycles. The van der Waals surface area contributed by atoms with Crippen LogP contribution in [0.3, 0.4) is 0 Å². The van der Waals surface area contributed by atoms with Crippen LogP contribution in [0, 0.1) is 13.8 Å². The normalized spacial score (nSPS) is 10.7. The minimum absolute atomic E-state index is 0.229. The summed E-state index contributed by atoms with van der Waals surface area (Å²) in [4.78, 5) is 16.6. The predicted molar refractivity (Wildman–Crippen MR) is 95.5 cm³/mol. The van der Waals surface area contributed by atoms with Crippen molar-refractivity contribution in [1.29, 1.82) is 0 Å². The molecule has 0 unspecified atom stereocenters. The van der Waals surface area contributed by atoms with Crippen molar-refractivity contribution in [2.45, 2.75) is 23.9 Å². The maximum Gasteiger partial charge on any atom is 0.286 e. The summed E-state index contributed by atoms with van der Waals surface area (Å²) in [6.45, 7) is 3.98. The lowest BCUT2D eigenvalue weighted by Gasteiger charge is -2.02. The molecule has 118 valence electrons. The molecule has 3 aromatic rings. The van der Waals surface area contributed by atoms with E-state index in [-0.39, 0.29) is 5.91 Å². The van der Waals surface area contributed by atoms with Crippen molar-refractivity contribution in [3.8, 4) is 0 Å². The van der Waals surface area contributed by atoms with E-state index in [9.17, 15) is 4.79 Å². The average Bonchev–Trinajstić information content (AvgIpc) is 3.16. The lowest BCUT2D eigenvalue weighted by molar-refractivity contribution is 0.102. The molecule has 0 aliphatic heterocycles. The molecule has 0 aliphatic carbocycles. The fourth-order valence-corrected chi connectivity index (χ4v) is 4.32. The van der Waals surface area contributed by atoms with E-state index < -0.39 is 0 Å². The molecule has 2 aromatic heterocycles. The first-order chi connectivity index (χ1) is 11.1. The largest absolute Gasteiger partial charge is 0.320 e. The molecule has 0 bridgehead atoms. The Kier molecular flexibility index (Phi) is 5.04. The van der Waals surface area contributed by atoms with Gasteiger partial charge >= 0.3 is 0 Å². The molecule has 3 rings (SSSR count). The van der Waals surface area contributed by atoms with Gasteiger partial charge in [0.1, 0.15) is 5.01 Å². The van der Waals surface area contributed by atoms with Crippen molar-refractivity contribution in [3.05, 3.63) is 50.9 Å². The van der Waals surface area contributed by atoms with E-state index in [1.54, 1.807) is 23.1 Å². The Morgan fingerprint density at radius 3 is 2.70 bits per heavy atom. The number of thiazole rings is 1. The van der Waals surface area contributed by atoms with E-state index in [0.717, 1.165) is 26.3 Å². The fourth-order valence-electron chi connectivity index (χ4n) is 1.75. The molecule has 1 amide bonds. The van der Waals surface area contributed by atoms with Crippen LogP contribution < -0.4 is 5.32 Å². The zero-order valence-electron chi connectivity index (χ0n) is 12.6. The van der Waals surface area contributed by atoms with Crippen LogP contribution in [0.1, 0.15) is 26.1 Å². The molecule has 0 spiro atoms. The van der Waals surface area contributed by atoms with Gasteiger partial charge in [-0.05, 0) is 26.0 Å². The van der Waals surface area contributed by atoms with Crippen molar-refractivity contribution in [3.63, 3.8) is 0 Å². The molecule has 2 heterocycles. The minimum atomic E-state index is -0.229. The molecule has 5 nitrogen and oxygen atoms in total. The van der Waals surface area contributed by atoms with Crippen molar-refractivity contribution in [2.75, 3.05) is 5.32 Å². The van der Waals surface area contributed by atoms with Crippen LogP contribution in [-0.2, 0) is 5.75 Å². The van der Waals surface area contributed by atoms with E-state index in [0.29, 0.717) is 10.8 Å². The second-order valence-electron chi connectivity index (χ2n) is 4.86. The average molecular weight is 363 g/mol. The molecule has 0 atom stereocenters. The molecule has 1 aromatic carbocycles. The summed E-state index contributed by atoms with van der Waals surface area (Å²) in [5.41, 5.74) is 2.92. The Labute approximate surface area is 146 Å². The number of carbonyl (C=O) groups excluding carboxylic acids is 1. The number of aromatic nitrogens is 3. The van der Waals surface area contributed by atoms with Crippen LogP contribution in [0.15, 0.2) is 34.0 Å². The molecular weight excluding hydrogens is 348 g/mol. The van der Waals surface area contributed by atoms with Gasteiger partial charge in [-0.3, -0.25) is 4.79 Å². The predicted octanol–water partition coefficient (Wildman–Crippen LogP) is 4.16. The highest BCUT2D eigenvalue weighted by molar-refractivity contribution is 8.00. The highest BCUT2D eigenvalue weighted by Crippen LogP contribution is 2.27. The van der Waals surface area contributed by atoms with Gasteiger partial charge in [-0.25, -0.2) is 4.98 Å². The Morgan fingerprint density at radius 1 is 1.22 bits per heavy atom. The molecule has 1 N–H and O–H groups in total. The van der Waals surface area contributed by atoms with Gasteiger partial charge in [-0.15, -0.1) is 21.5 Å². The number of thioether (sulfide) groups is 1. The highest BCUT2D eigenvalue weighted by Gasteiger charge is 2.13. The Hall–Kier alpha value is -1.77. The van der Waals surface area contributed by atoms with Gasteiger partial charge < -0.3 is 5.32 Å². The van der Waals surface area contributed by atoms with E-state index in [1.165, 1.54) is 11.3 Å². The highest BCUT2D eigenvalue weighted by atomic mass is 32.2. The van der Waals surface area contributed by atoms with Crippen LogP contribution in [0.4, 0.5) is 5.69 Å². The molecule has 23 heavy (non-hydrogen) atoms. The van der Waals surface area contributed by atoms with Gasteiger partial charge in [0.15, 0.2) is 4.34 Å². The number of carbonyl (C=O) groups is 1. The fraction of sp³-hybridized carbons (Fsp3) is 0.200. The summed E-state index contributed by atoms with van der Waals surface area (Å²) >= 11 is 4.53. The van der Waals surface area contributed by atoms with Gasteiger partial charge in [0.25, 0.3) is 5.91 Å². The van der Waals surface area contributed by atoms with Crippen molar-refractivity contribution in [1.82, 2.24) is 15.2 Å². The van der Waals surface area contributed by atoms with Crippen LogP contribution in [0.25, 0.3) is 0 Å². The van der Waals surface area contributed by atoms with Crippen molar-refractivity contribution in [2.24, 2.45) is 0 Å². The standard InChI is InChI=1S/C15H14N4OS3/c1-9-3-5-11(6-4-9)17-13(20)14-19-18-12(23-14)8-22-15-16-10(2)7-21-15/h3-7H,8H2,1-2H3,(H,17,20). The molecule has 0 aliphatic rings. The number of aryl methyl sites for hydroxylation is 2. The third kappa shape index (κ3) is 4.37. The SMILES string of the molecule is Cc1ccc(NC(=O)c2nnc(CSc3nc(C)cs3)s2)cc1. The van der Waals surface area contributed by atoms with Crippen LogP contribution >= 0.6 is 34.4 Å². The summed E-state index contributed by atoms with van der Waals surface area (Å²) in [5, 5.41) is 14.1. The Morgan fingerprint density at radius 2 is 2.00 bits per heavy atom. The van der Waals surface area contributed by atoms with Gasteiger partial charge in [-0.2, -0.15) is 0 Å². The van der Waals surface area contributed by atoms with Crippen LogP contribution in [0.2, 0.25) is 0 Å². The number of rotatable bonds is 5. The van der Waals surface area contributed by atoms with E-state index in [2.05, 4.69) is 20.5 Å². The maximum atomic E-state index is 12.2. The van der Waals surface area contributed by atoms with E-state index in [1.807, 2.05) is 43.5 Å². The maximum absolute atomic E-state index is 12.2. The number of hydrogen-bond donors (Lipinski definition) is 1. The third-order valence-corrected chi connectivity index (χ3v) is 6.14. The first kappa shape index (κ1) is 16.1. The zero-order valence-corrected chi connectivity index (χ0v) is 15.0. The van der Waals surface area contributed by atoms with Crippen LogP contribution in [0.5, 0.6) is 0 Å². The number of hydrogen-bond acceptors (Lipinski definition) is 7. The van der Waals surface area contributed by atoms with E-state index >= 15 is 0 Å². The number of benzene rings is 1. The second kappa shape index (κ2) is 7.20. The van der Waals surface area contributed by atoms with Gasteiger partial charge in [-0.1, -0.05) is 40.8 Å². The second-order valence-corrected chi connectivity index (χ2v) is 8.01. The van der Waals surface area contributed by atoms with Gasteiger partial charge in [0.2, 0.25) is 5.01 Å². The third-order valence-electron chi connectivity index (χ3n) is 2.89. The summed E-state index contributed by atoms with van der Waals surface area (Å²) in [6, 6.07) is 7.65. The smallest absolute Gasteiger partial charge is 0.286 e. The molecular formula is C15H14N4OS3. The number of nitrogens with zero attached hydrogens (tertiary/aromatic N) is 3. The lowest BCUT2D eigenvalue weighted by atomic mass is 10.2. The first-order valence-electron chi connectivity index (χ1n) is 6.85. The Balaban J connectivity index is 1.59. The number of amides is 1. The quantitative estimate of drug-likeness (QED) is 0.690. The minimum Gasteiger partial charge on any atom is -0.320 e. The molecule has 0 fully saturated rings. The summed E-state index contributed by atoms with van der Waals surface area (Å²) in [6.07, 6.45) is 0. The molecule has 8 heteroatoms. The monoisotopic (exact) mass is 362 g/mol. The summed E-state index contributed by atoms with van der Waals surface area (Å²) in [5.74, 6) is 0.440. The molecule has 0 radical (unpaired) electrons. The van der Waals surface area contributed by atoms with Crippen molar-refractivity contribution < 1.29 is 4.79 Å². The first-order valence-corrected chi connectivity index (χ1v) is 9.53. The summed E-state index contributed by atoms with van der Waals surface area (Å²) in [7, 11) is 0. The topological polar surface area (TPSA) is 67.8 Å². The number of nitrogens with one attached hydrogen (secondary N) is 1. The number of anilines is 1. The lowest BCUT2D eigenvalue weighted by Crippen LogP contribution is -2.11.